The largest absolute Gasteiger partial charge is 0.506 e. The summed E-state index contributed by atoms with van der Waals surface area (Å²) in [5.74, 6) is 0.593. The average molecular weight is 241 g/mol. The number of rotatable bonds is 2. The Morgan fingerprint density at radius 1 is 1.46 bits per heavy atom. The molecule has 1 nitrogen and oxygen atoms in total. The first-order valence-corrected chi connectivity index (χ1v) is 5.06. The predicted molar refractivity (Wildman–Crippen MR) is 59.0 cm³/mol. The number of hydrogen-bond acceptors (Lipinski definition) is 1. The van der Waals surface area contributed by atoms with Crippen LogP contribution in [0.3, 0.4) is 0 Å². The molecule has 0 aromatic heterocycles. The van der Waals surface area contributed by atoms with Crippen LogP contribution < -0.4 is 0 Å². The molecule has 0 aliphatic rings. The molecule has 0 saturated heterocycles. The summed E-state index contributed by atoms with van der Waals surface area (Å²) < 4.78 is 0.751. The zero-order valence-electron chi connectivity index (χ0n) is 7.79. The van der Waals surface area contributed by atoms with Crippen LogP contribution >= 0.6 is 15.9 Å². The smallest absolute Gasteiger partial charge is 0.133 e. The van der Waals surface area contributed by atoms with Crippen molar-refractivity contribution in [2.75, 3.05) is 0 Å². The Kier molecular flexibility index (Phi) is 3.55. The van der Waals surface area contributed by atoms with Crippen LogP contribution in [0.15, 0.2) is 34.8 Å². The van der Waals surface area contributed by atoms with Gasteiger partial charge in [0.1, 0.15) is 5.75 Å². The Morgan fingerprint density at radius 3 is 2.77 bits per heavy atom. The third kappa shape index (κ3) is 2.34. The first kappa shape index (κ1) is 10.3. The molecule has 0 saturated carbocycles. The molecule has 1 unspecified atom stereocenters. The van der Waals surface area contributed by atoms with Crippen LogP contribution in [-0.4, -0.2) is 5.11 Å². The van der Waals surface area contributed by atoms with Crippen molar-refractivity contribution < 1.29 is 5.11 Å². The van der Waals surface area contributed by atoms with Gasteiger partial charge in [0, 0.05) is 11.5 Å². The van der Waals surface area contributed by atoms with E-state index in [1.807, 2.05) is 31.2 Å². The van der Waals surface area contributed by atoms with Crippen molar-refractivity contribution in [3.05, 3.63) is 40.4 Å². The van der Waals surface area contributed by atoms with Gasteiger partial charge < -0.3 is 5.11 Å². The van der Waals surface area contributed by atoms with Crippen molar-refractivity contribution in [3.8, 4) is 5.75 Å². The molecule has 1 N–H and O–H groups in total. The molecule has 0 bridgehead atoms. The molecule has 0 heterocycles. The summed E-state index contributed by atoms with van der Waals surface area (Å²) in [6.45, 7) is 4.03. The van der Waals surface area contributed by atoms with Gasteiger partial charge in [-0.25, -0.2) is 0 Å². The highest BCUT2D eigenvalue weighted by Gasteiger charge is 2.08. The van der Waals surface area contributed by atoms with Gasteiger partial charge in [-0.1, -0.05) is 31.2 Å². The second kappa shape index (κ2) is 4.47. The molecule has 0 aliphatic heterocycles. The number of phenolic OH excluding ortho intramolecular Hbond substituents is 1. The van der Waals surface area contributed by atoms with E-state index in [4.69, 9.17) is 0 Å². The van der Waals surface area contributed by atoms with Gasteiger partial charge in [0.2, 0.25) is 0 Å². The van der Waals surface area contributed by atoms with Crippen LogP contribution in [0.25, 0.3) is 0 Å². The number of para-hydroxylation sites is 1. The van der Waals surface area contributed by atoms with E-state index in [0.29, 0.717) is 5.75 Å². The summed E-state index contributed by atoms with van der Waals surface area (Å²) in [4.78, 5) is 0. The molecule has 1 rings (SSSR count). The fourth-order valence-corrected chi connectivity index (χ4v) is 1.67. The summed E-state index contributed by atoms with van der Waals surface area (Å²) in [5, 5.41) is 9.71. The lowest BCUT2D eigenvalue weighted by molar-refractivity contribution is 0.463. The molecule has 2 heteroatoms. The zero-order chi connectivity index (χ0) is 9.84. The van der Waals surface area contributed by atoms with Crippen LogP contribution in [0.2, 0.25) is 0 Å². The number of phenols is 1. The van der Waals surface area contributed by atoms with Crippen molar-refractivity contribution in [3.63, 3.8) is 0 Å². The van der Waals surface area contributed by atoms with Crippen molar-refractivity contribution in [2.24, 2.45) is 0 Å². The fraction of sp³-hybridized carbons (Fsp3) is 0.273. The minimum atomic E-state index is 0.252. The topological polar surface area (TPSA) is 20.2 Å². The summed E-state index contributed by atoms with van der Waals surface area (Å²) >= 11 is 3.29. The molecular formula is C11H13BrO. The Morgan fingerprint density at radius 2 is 2.15 bits per heavy atom. The summed E-state index contributed by atoms with van der Waals surface area (Å²) in [5.41, 5.74) is 0.951. The summed E-state index contributed by atoms with van der Waals surface area (Å²) in [6.07, 6.45) is 4.05. The fourth-order valence-electron chi connectivity index (χ4n) is 1.29. The van der Waals surface area contributed by atoms with Gasteiger partial charge in [-0.3, -0.25) is 0 Å². The number of halogens is 1. The van der Waals surface area contributed by atoms with Gasteiger partial charge in [0.15, 0.2) is 0 Å². The van der Waals surface area contributed by atoms with E-state index in [-0.39, 0.29) is 5.92 Å². The van der Waals surface area contributed by atoms with Gasteiger partial charge in [0.25, 0.3) is 0 Å². The maximum atomic E-state index is 9.71. The van der Waals surface area contributed by atoms with Gasteiger partial charge in [-0.05, 0) is 28.9 Å². The van der Waals surface area contributed by atoms with E-state index < -0.39 is 0 Å². The van der Waals surface area contributed by atoms with Crippen LogP contribution in [0.1, 0.15) is 25.3 Å². The molecule has 70 valence electrons. The van der Waals surface area contributed by atoms with Crippen molar-refractivity contribution in [1.82, 2.24) is 0 Å². The minimum Gasteiger partial charge on any atom is -0.506 e. The van der Waals surface area contributed by atoms with E-state index in [9.17, 15) is 5.11 Å². The third-order valence-corrected chi connectivity index (χ3v) is 2.63. The Hall–Kier alpha value is -0.760. The van der Waals surface area contributed by atoms with E-state index in [1.54, 1.807) is 0 Å². The lowest BCUT2D eigenvalue weighted by atomic mass is 10.00. The van der Waals surface area contributed by atoms with Crippen LogP contribution in [0, 0.1) is 0 Å². The normalized spacial score (nSPS) is 13.5. The lowest BCUT2D eigenvalue weighted by Gasteiger charge is -2.09. The second-order valence-electron chi connectivity index (χ2n) is 2.99. The van der Waals surface area contributed by atoms with E-state index in [0.717, 1.165) is 10.0 Å². The van der Waals surface area contributed by atoms with Crippen molar-refractivity contribution in [2.45, 2.75) is 19.8 Å². The molecule has 1 atom stereocenters. The highest BCUT2D eigenvalue weighted by atomic mass is 79.9. The quantitative estimate of drug-likeness (QED) is 0.780. The standard InChI is InChI=1S/C11H13BrO/c1-3-5-8(2)9-6-4-7-10(12)11(9)13/h3-8,13H,1-2H3. The van der Waals surface area contributed by atoms with Crippen LogP contribution in [0.5, 0.6) is 5.75 Å². The van der Waals surface area contributed by atoms with Gasteiger partial charge >= 0.3 is 0 Å². The first-order chi connectivity index (χ1) is 6.16. The monoisotopic (exact) mass is 240 g/mol. The van der Waals surface area contributed by atoms with Gasteiger partial charge in [0.05, 0.1) is 4.47 Å². The summed E-state index contributed by atoms with van der Waals surface area (Å²) in [7, 11) is 0. The number of aromatic hydroxyl groups is 1. The van der Waals surface area contributed by atoms with E-state index in [1.165, 1.54) is 0 Å². The first-order valence-electron chi connectivity index (χ1n) is 4.27. The molecule has 0 radical (unpaired) electrons. The molecule has 0 amide bonds. The lowest BCUT2D eigenvalue weighted by Crippen LogP contribution is -1.89. The molecule has 1 aromatic rings. The average Bonchev–Trinajstić information content (AvgIpc) is 2.10. The van der Waals surface area contributed by atoms with Crippen LogP contribution in [0.4, 0.5) is 0 Å². The molecule has 13 heavy (non-hydrogen) atoms. The summed E-state index contributed by atoms with van der Waals surface area (Å²) in [6, 6.07) is 5.70. The third-order valence-electron chi connectivity index (χ3n) is 1.99. The number of benzene rings is 1. The van der Waals surface area contributed by atoms with Gasteiger partial charge in [-0.2, -0.15) is 0 Å². The molecule has 1 aromatic carbocycles. The zero-order valence-corrected chi connectivity index (χ0v) is 9.38. The predicted octanol–water partition coefficient (Wildman–Crippen LogP) is 3.83. The molecule has 0 fully saturated rings. The molecule has 0 spiro atoms. The van der Waals surface area contributed by atoms with Crippen molar-refractivity contribution in [1.29, 1.82) is 0 Å². The highest BCUT2D eigenvalue weighted by Crippen LogP contribution is 2.32. The van der Waals surface area contributed by atoms with Crippen LogP contribution in [-0.2, 0) is 0 Å². The molecule has 0 aliphatic carbocycles. The maximum Gasteiger partial charge on any atom is 0.133 e. The second-order valence-corrected chi connectivity index (χ2v) is 3.85. The minimum absolute atomic E-state index is 0.252. The Bertz CT molecular complexity index is 318. The van der Waals surface area contributed by atoms with Crippen molar-refractivity contribution >= 4 is 15.9 Å². The van der Waals surface area contributed by atoms with Gasteiger partial charge in [-0.15, -0.1) is 0 Å². The number of allylic oxidation sites excluding steroid dienone is 2. The van der Waals surface area contributed by atoms with E-state index >= 15 is 0 Å². The van der Waals surface area contributed by atoms with E-state index in [2.05, 4.69) is 28.9 Å². The maximum absolute atomic E-state index is 9.71. The highest BCUT2D eigenvalue weighted by molar-refractivity contribution is 9.10. The Balaban J connectivity index is 3.07. The number of hydrogen-bond donors (Lipinski definition) is 1. The SMILES string of the molecule is CC=CC(C)c1cccc(Br)c1O. The molecular weight excluding hydrogens is 228 g/mol. The Labute approximate surface area is 87.2 Å².